The quantitative estimate of drug-likeness (QED) is 0.650. The summed E-state index contributed by atoms with van der Waals surface area (Å²) < 4.78 is 5.01. The number of hydrogen-bond donors (Lipinski definition) is 0. The minimum Gasteiger partial charge on any atom is -0.480 e. The fourth-order valence-corrected chi connectivity index (χ4v) is 1.22. The molecular formula is C10H13NO2. The molecule has 1 heterocycles. The van der Waals surface area contributed by atoms with Gasteiger partial charge in [0, 0.05) is 5.69 Å². The van der Waals surface area contributed by atoms with Gasteiger partial charge in [-0.3, -0.25) is 4.79 Å². The Kier molecular flexibility index (Phi) is 2.66. The maximum absolute atomic E-state index is 10.8. The molecule has 0 amide bonds. The highest BCUT2D eigenvalue weighted by Crippen LogP contribution is 2.22. The normalized spacial score (nSPS) is 9.85. The lowest BCUT2D eigenvalue weighted by Crippen LogP contribution is -2.02. The lowest BCUT2D eigenvalue weighted by Gasteiger charge is -2.10. The maximum atomic E-state index is 10.8. The molecule has 1 rings (SSSR count). The molecular weight excluding hydrogens is 166 g/mol. The van der Waals surface area contributed by atoms with Crippen LogP contribution < -0.4 is 4.74 Å². The van der Waals surface area contributed by atoms with Gasteiger partial charge in [-0.1, -0.05) is 0 Å². The Morgan fingerprint density at radius 3 is 2.31 bits per heavy atom. The van der Waals surface area contributed by atoms with Crippen LogP contribution in [-0.4, -0.2) is 18.4 Å². The summed E-state index contributed by atoms with van der Waals surface area (Å²) in [6, 6.07) is 0. The van der Waals surface area contributed by atoms with Crippen LogP contribution in [0, 0.1) is 20.8 Å². The topological polar surface area (TPSA) is 39.2 Å². The minimum absolute atomic E-state index is 0.413. The van der Waals surface area contributed by atoms with Crippen molar-refractivity contribution in [3.8, 4) is 5.88 Å². The van der Waals surface area contributed by atoms with Crippen LogP contribution in [0.3, 0.4) is 0 Å². The number of nitrogens with zero attached hydrogens (tertiary/aromatic N) is 1. The van der Waals surface area contributed by atoms with Crippen molar-refractivity contribution >= 4 is 6.29 Å². The molecule has 0 radical (unpaired) electrons. The van der Waals surface area contributed by atoms with E-state index >= 15 is 0 Å². The van der Waals surface area contributed by atoms with Crippen LogP contribution >= 0.6 is 0 Å². The number of aryl methyl sites for hydroxylation is 1. The molecule has 0 aliphatic carbocycles. The van der Waals surface area contributed by atoms with Gasteiger partial charge in [0.1, 0.15) is 0 Å². The molecule has 70 valence electrons. The van der Waals surface area contributed by atoms with E-state index in [0.29, 0.717) is 11.4 Å². The molecule has 0 spiro atoms. The molecule has 0 aliphatic heterocycles. The Bertz CT molecular complexity index is 345. The van der Waals surface area contributed by atoms with Gasteiger partial charge in [-0.05, 0) is 31.9 Å². The first kappa shape index (κ1) is 9.71. The van der Waals surface area contributed by atoms with E-state index in [1.165, 1.54) is 7.11 Å². The number of rotatable bonds is 2. The zero-order valence-corrected chi connectivity index (χ0v) is 8.34. The van der Waals surface area contributed by atoms with E-state index in [-0.39, 0.29) is 0 Å². The number of carbonyl (C=O) groups is 1. The van der Waals surface area contributed by atoms with E-state index in [0.717, 1.165) is 23.1 Å². The fourth-order valence-electron chi connectivity index (χ4n) is 1.22. The average Bonchev–Trinajstić information content (AvgIpc) is 2.13. The van der Waals surface area contributed by atoms with Gasteiger partial charge in [0.25, 0.3) is 0 Å². The Balaban J connectivity index is 3.47. The van der Waals surface area contributed by atoms with Gasteiger partial charge in [-0.2, -0.15) is 0 Å². The van der Waals surface area contributed by atoms with Crippen LogP contribution in [-0.2, 0) is 0 Å². The molecule has 0 aliphatic rings. The Morgan fingerprint density at radius 2 is 1.85 bits per heavy atom. The van der Waals surface area contributed by atoms with Gasteiger partial charge >= 0.3 is 0 Å². The highest BCUT2D eigenvalue weighted by Gasteiger charge is 2.11. The molecule has 1 aromatic rings. The fraction of sp³-hybridized carbons (Fsp3) is 0.400. The van der Waals surface area contributed by atoms with Crippen LogP contribution in [0.15, 0.2) is 0 Å². The molecule has 3 heteroatoms. The molecule has 13 heavy (non-hydrogen) atoms. The van der Waals surface area contributed by atoms with Crippen molar-refractivity contribution in [1.82, 2.24) is 4.98 Å². The number of aldehydes is 1. The third-order valence-corrected chi connectivity index (χ3v) is 2.32. The van der Waals surface area contributed by atoms with Crippen molar-refractivity contribution < 1.29 is 9.53 Å². The molecule has 0 aromatic carbocycles. The van der Waals surface area contributed by atoms with Crippen molar-refractivity contribution in [1.29, 1.82) is 0 Å². The van der Waals surface area contributed by atoms with E-state index < -0.39 is 0 Å². The summed E-state index contributed by atoms with van der Waals surface area (Å²) >= 11 is 0. The highest BCUT2D eigenvalue weighted by molar-refractivity contribution is 5.81. The van der Waals surface area contributed by atoms with Crippen LogP contribution in [0.2, 0.25) is 0 Å². The second kappa shape index (κ2) is 3.56. The Labute approximate surface area is 77.8 Å². The summed E-state index contributed by atoms with van der Waals surface area (Å²) in [6.45, 7) is 5.75. The van der Waals surface area contributed by atoms with E-state index in [4.69, 9.17) is 4.74 Å². The number of hydrogen-bond acceptors (Lipinski definition) is 3. The molecule has 0 atom stereocenters. The lowest BCUT2D eigenvalue weighted by atomic mass is 10.0. The monoisotopic (exact) mass is 179 g/mol. The van der Waals surface area contributed by atoms with Crippen LogP contribution in [0.4, 0.5) is 0 Å². The Hall–Kier alpha value is -1.38. The van der Waals surface area contributed by atoms with Crippen molar-refractivity contribution in [3.63, 3.8) is 0 Å². The number of methoxy groups -OCH3 is 1. The van der Waals surface area contributed by atoms with Crippen LogP contribution in [0.25, 0.3) is 0 Å². The largest absolute Gasteiger partial charge is 0.480 e. The molecule has 0 saturated heterocycles. The van der Waals surface area contributed by atoms with Gasteiger partial charge < -0.3 is 4.74 Å². The minimum atomic E-state index is 0.413. The summed E-state index contributed by atoms with van der Waals surface area (Å²) in [5.41, 5.74) is 3.44. The molecule has 0 N–H and O–H groups in total. The summed E-state index contributed by atoms with van der Waals surface area (Å²) in [4.78, 5) is 14.9. The molecule has 0 saturated carbocycles. The first-order valence-corrected chi connectivity index (χ1v) is 4.08. The predicted octanol–water partition coefficient (Wildman–Crippen LogP) is 1.83. The maximum Gasteiger partial charge on any atom is 0.224 e. The summed E-state index contributed by atoms with van der Waals surface area (Å²) in [5.74, 6) is 0.413. The van der Waals surface area contributed by atoms with Crippen LogP contribution in [0.5, 0.6) is 5.88 Å². The zero-order chi connectivity index (χ0) is 10.0. The lowest BCUT2D eigenvalue weighted by molar-refractivity contribution is 0.111. The zero-order valence-electron chi connectivity index (χ0n) is 8.34. The van der Waals surface area contributed by atoms with Crippen molar-refractivity contribution in [2.45, 2.75) is 20.8 Å². The molecule has 0 bridgehead atoms. The number of pyridine rings is 1. The Morgan fingerprint density at radius 1 is 1.23 bits per heavy atom. The highest BCUT2D eigenvalue weighted by atomic mass is 16.5. The van der Waals surface area contributed by atoms with Gasteiger partial charge in [0.05, 0.1) is 12.7 Å². The second-order valence-electron chi connectivity index (χ2n) is 2.99. The van der Waals surface area contributed by atoms with E-state index in [1.54, 1.807) is 0 Å². The molecule has 1 aromatic heterocycles. The number of aromatic nitrogens is 1. The van der Waals surface area contributed by atoms with Crippen molar-refractivity contribution in [2.75, 3.05) is 7.11 Å². The van der Waals surface area contributed by atoms with E-state index in [2.05, 4.69) is 4.98 Å². The summed E-state index contributed by atoms with van der Waals surface area (Å²) in [5, 5.41) is 0. The summed E-state index contributed by atoms with van der Waals surface area (Å²) in [6.07, 6.45) is 0.785. The van der Waals surface area contributed by atoms with Gasteiger partial charge in [0.2, 0.25) is 5.88 Å². The molecule has 0 fully saturated rings. The van der Waals surface area contributed by atoms with E-state index in [1.807, 2.05) is 20.8 Å². The smallest absolute Gasteiger partial charge is 0.224 e. The average molecular weight is 179 g/mol. The summed E-state index contributed by atoms with van der Waals surface area (Å²) in [7, 11) is 1.52. The third-order valence-electron chi connectivity index (χ3n) is 2.32. The van der Waals surface area contributed by atoms with Gasteiger partial charge in [-0.15, -0.1) is 0 Å². The molecule has 0 unspecified atom stereocenters. The number of ether oxygens (including phenoxy) is 1. The van der Waals surface area contributed by atoms with Crippen molar-refractivity contribution in [3.05, 3.63) is 22.4 Å². The van der Waals surface area contributed by atoms with Gasteiger partial charge in [0.15, 0.2) is 6.29 Å². The predicted molar refractivity (Wildman–Crippen MR) is 50.4 cm³/mol. The second-order valence-corrected chi connectivity index (χ2v) is 2.99. The first-order valence-electron chi connectivity index (χ1n) is 4.08. The SMILES string of the molecule is COc1nc(C)c(C)c(C)c1C=O. The first-order chi connectivity index (χ1) is 6.11. The van der Waals surface area contributed by atoms with E-state index in [9.17, 15) is 4.79 Å². The standard InChI is InChI=1S/C10H13NO2/c1-6-7(2)9(5-12)10(13-4)11-8(6)3/h5H,1-4H3. The molecule has 3 nitrogen and oxygen atoms in total. The third kappa shape index (κ3) is 1.54. The van der Waals surface area contributed by atoms with Crippen LogP contribution in [0.1, 0.15) is 27.2 Å². The number of carbonyl (C=O) groups excluding carboxylic acids is 1. The van der Waals surface area contributed by atoms with Crippen molar-refractivity contribution in [2.24, 2.45) is 0 Å². The van der Waals surface area contributed by atoms with Gasteiger partial charge in [-0.25, -0.2) is 4.98 Å².